The van der Waals surface area contributed by atoms with Crippen LogP contribution in [0.5, 0.6) is 5.75 Å². The zero-order valence-electron chi connectivity index (χ0n) is 11.4. The number of aromatic carboxylic acids is 1. The van der Waals surface area contributed by atoms with Crippen molar-refractivity contribution in [2.24, 2.45) is 0 Å². The fourth-order valence-electron chi connectivity index (χ4n) is 1.98. The Hall–Kier alpha value is -2.40. The fourth-order valence-corrected chi connectivity index (χ4v) is 2.21. The molecule has 2 aromatic rings. The molecule has 0 aliphatic rings. The largest absolute Gasteiger partial charge is 0.496 e. The molecule has 110 valence electrons. The average molecular weight is 307 g/mol. The van der Waals surface area contributed by atoms with Gasteiger partial charge in [-0.05, 0) is 30.3 Å². The maximum atomic E-state index is 11.2. The third-order valence-electron chi connectivity index (χ3n) is 3.03. The van der Waals surface area contributed by atoms with Crippen molar-refractivity contribution in [2.45, 2.75) is 6.54 Å². The van der Waals surface area contributed by atoms with Crippen LogP contribution in [0.2, 0.25) is 5.02 Å². The van der Waals surface area contributed by atoms with Crippen LogP contribution in [-0.2, 0) is 6.54 Å². The zero-order chi connectivity index (χ0) is 15.4. The SMILES string of the molecule is COc1cccc(Cl)c1CNc1ccc(N)cc1C(=O)O. The molecule has 2 aromatic carbocycles. The fraction of sp³-hybridized carbons (Fsp3) is 0.133. The molecule has 0 aliphatic heterocycles. The van der Waals surface area contributed by atoms with Gasteiger partial charge in [-0.2, -0.15) is 0 Å². The van der Waals surface area contributed by atoms with Crippen LogP contribution < -0.4 is 15.8 Å². The Labute approximate surface area is 127 Å². The van der Waals surface area contributed by atoms with Crippen LogP contribution in [0.25, 0.3) is 0 Å². The van der Waals surface area contributed by atoms with E-state index in [-0.39, 0.29) is 5.56 Å². The molecule has 0 atom stereocenters. The summed E-state index contributed by atoms with van der Waals surface area (Å²) in [7, 11) is 1.56. The molecule has 0 spiro atoms. The van der Waals surface area contributed by atoms with Crippen LogP contribution in [0.15, 0.2) is 36.4 Å². The summed E-state index contributed by atoms with van der Waals surface area (Å²) in [4.78, 5) is 11.2. The molecule has 5 nitrogen and oxygen atoms in total. The Kier molecular flexibility index (Phi) is 4.55. The van der Waals surface area contributed by atoms with Crippen molar-refractivity contribution in [2.75, 3.05) is 18.2 Å². The molecule has 0 saturated heterocycles. The number of anilines is 2. The number of halogens is 1. The lowest BCUT2D eigenvalue weighted by Gasteiger charge is -2.14. The summed E-state index contributed by atoms with van der Waals surface area (Å²) in [6.45, 7) is 0.340. The second-order valence-corrected chi connectivity index (χ2v) is 4.79. The van der Waals surface area contributed by atoms with E-state index in [1.54, 1.807) is 37.4 Å². The number of carboxylic acids is 1. The minimum Gasteiger partial charge on any atom is -0.496 e. The van der Waals surface area contributed by atoms with Crippen LogP contribution in [-0.4, -0.2) is 18.2 Å². The van der Waals surface area contributed by atoms with Gasteiger partial charge in [0.1, 0.15) is 5.75 Å². The highest BCUT2D eigenvalue weighted by molar-refractivity contribution is 6.31. The molecule has 0 bridgehead atoms. The maximum absolute atomic E-state index is 11.2. The minimum atomic E-state index is -1.05. The van der Waals surface area contributed by atoms with Gasteiger partial charge in [-0.3, -0.25) is 0 Å². The first-order valence-electron chi connectivity index (χ1n) is 6.21. The van der Waals surface area contributed by atoms with Gasteiger partial charge in [0.05, 0.1) is 12.7 Å². The maximum Gasteiger partial charge on any atom is 0.337 e. The van der Waals surface area contributed by atoms with E-state index in [2.05, 4.69) is 5.32 Å². The third-order valence-corrected chi connectivity index (χ3v) is 3.38. The predicted octanol–water partition coefficient (Wildman–Crippen LogP) is 3.24. The third kappa shape index (κ3) is 3.38. The number of benzene rings is 2. The molecular weight excluding hydrogens is 292 g/mol. The Morgan fingerprint density at radius 3 is 2.81 bits per heavy atom. The van der Waals surface area contributed by atoms with Crippen molar-refractivity contribution in [3.63, 3.8) is 0 Å². The lowest BCUT2D eigenvalue weighted by molar-refractivity contribution is 0.0698. The molecule has 0 aromatic heterocycles. The van der Waals surface area contributed by atoms with Gasteiger partial charge >= 0.3 is 5.97 Å². The van der Waals surface area contributed by atoms with Crippen molar-refractivity contribution in [3.05, 3.63) is 52.5 Å². The number of carbonyl (C=O) groups is 1. The number of nitrogen functional groups attached to an aromatic ring is 1. The molecule has 0 fully saturated rings. The van der Waals surface area contributed by atoms with E-state index in [9.17, 15) is 9.90 Å². The van der Waals surface area contributed by atoms with Crippen LogP contribution in [0.4, 0.5) is 11.4 Å². The molecular formula is C15H15ClN2O3. The second kappa shape index (κ2) is 6.37. The van der Waals surface area contributed by atoms with Crippen molar-refractivity contribution >= 4 is 28.9 Å². The van der Waals surface area contributed by atoms with Crippen molar-refractivity contribution in [1.29, 1.82) is 0 Å². The molecule has 21 heavy (non-hydrogen) atoms. The molecule has 0 unspecified atom stereocenters. The first kappa shape index (κ1) is 15.0. The van der Waals surface area contributed by atoms with Crippen LogP contribution in [0.1, 0.15) is 15.9 Å². The number of nitrogens with one attached hydrogen (secondary N) is 1. The van der Waals surface area contributed by atoms with Gasteiger partial charge in [-0.15, -0.1) is 0 Å². The summed E-state index contributed by atoms with van der Waals surface area (Å²) in [5.41, 5.74) is 7.35. The Bertz CT molecular complexity index is 674. The van der Waals surface area contributed by atoms with Crippen molar-refractivity contribution in [1.82, 2.24) is 0 Å². The van der Waals surface area contributed by atoms with E-state index in [0.29, 0.717) is 28.7 Å². The lowest BCUT2D eigenvalue weighted by atomic mass is 10.1. The molecule has 0 radical (unpaired) electrons. The van der Waals surface area contributed by atoms with E-state index in [4.69, 9.17) is 22.1 Å². The van der Waals surface area contributed by atoms with Crippen LogP contribution >= 0.6 is 11.6 Å². The number of hydrogen-bond acceptors (Lipinski definition) is 4. The highest BCUT2D eigenvalue weighted by Gasteiger charge is 2.12. The number of methoxy groups -OCH3 is 1. The molecule has 0 aliphatic carbocycles. The van der Waals surface area contributed by atoms with E-state index >= 15 is 0 Å². The second-order valence-electron chi connectivity index (χ2n) is 4.38. The predicted molar refractivity (Wildman–Crippen MR) is 83.1 cm³/mol. The first-order valence-corrected chi connectivity index (χ1v) is 6.58. The first-order chi connectivity index (χ1) is 10.0. The lowest BCUT2D eigenvalue weighted by Crippen LogP contribution is -2.08. The summed E-state index contributed by atoms with van der Waals surface area (Å²) >= 11 is 6.15. The monoisotopic (exact) mass is 306 g/mol. The average Bonchev–Trinajstić information content (AvgIpc) is 2.46. The normalized spacial score (nSPS) is 10.2. The van der Waals surface area contributed by atoms with E-state index in [0.717, 1.165) is 5.56 Å². The number of carboxylic acid groups (broad SMARTS) is 1. The Balaban J connectivity index is 2.27. The summed E-state index contributed by atoms with van der Waals surface area (Å²) in [6, 6.07) is 10.0. The highest BCUT2D eigenvalue weighted by atomic mass is 35.5. The van der Waals surface area contributed by atoms with Crippen molar-refractivity contribution < 1.29 is 14.6 Å². The van der Waals surface area contributed by atoms with Gasteiger partial charge in [0.2, 0.25) is 0 Å². The van der Waals surface area contributed by atoms with Crippen LogP contribution in [0.3, 0.4) is 0 Å². The van der Waals surface area contributed by atoms with Gasteiger partial charge in [-0.1, -0.05) is 17.7 Å². The number of ether oxygens (including phenoxy) is 1. The summed E-state index contributed by atoms with van der Waals surface area (Å²) in [6.07, 6.45) is 0. The Morgan fingerprint density at radius 1 is 1.38 bits per heavy atom. The van der Waals surface area contributed by atoms with Crippen LogP contribution in [0, 0.1) is 0 Å². The number of nitrogens with two attached hydrogens (primary N) is 1. The molecule has 0 heterocycles. The van der Waals surface area contributed by atoms with Gasteiger partial charge in [-0.25, -0.2) is 4.79 Å². The van der Waals surface area contributed by atoms with Crippen molar-refractivity contribution in [3.8, 4) is 5.75 Å². The molecule has 0 amide bonds. The molecule has 6 heteroatoms. The summed E-state index contributed by atoms with van der Waals surface area (Å²) < 4.78 is 5.25. The standard InChI is InChI=1S/C15H15ClN2O3/c1-21-14-4-2-3-12(16)11(14)8-18-13-6-5-9(17)7-10(13)15(19)20/h2-7,18H,8,17H2,1H3,(H,19,20). The van der Waals surface area contributed by atoms with Gasteiger partial charge in [0.15, 0.2) is 0 Å². The van der Waals surface area contributed by atoms with E-state index < -0.39 is 5.97 Å². The van der Waals surface area contributed by atoms with E-state index in [1.807, 2.05) is 0 Å². The summed E-state index contributed by atoms with van der Waals surface area (Å²) in [5.74, 6) is -0.404. The van der Waals surface area contributed by atoms with Gasteiger partial charge in [0.25, 0.3) is 0 Å². The molecule has 4 N–H and O–H groups in total. The van der Waals surface area contributed by atoms with Gasteiger partial charge in [0, 0.05) is 28.5 Å². The van der Waals surface area contributed by atoms with Gasteiger partial charge < -0.3 is 20.9 Å². The smallest absolute Gasteiger partial charge is 0.337 e. The molecule has 0 saturated carbocycles. The quantitative estimate of drug-likeness (QED) is 0.738. The topological polar surface area (TPSA) is 84.6 Å². The molecule has 2 rings (SSSR count). The minimum absolute atomic E-state index is 0.112. The Morgan fingerprint density at radius 2 is 2.14 bits per heavy atom. The number of hydrogen-bond donors (Lipinski definition) is 3. The zero-order valence-corrected chi connectivity index (χ0v) is 12.1. The highest BCUT2D eigenvalue weighted by Crippen LogP contribution is 2.28. The summed E-state index contributed by atoms with van der Waals surface area (Å²) in [5, 5.41) is 12.8. The van der Waals surface area contributed by atoms with E-state index in [1.165, 1.54) is 6.07 Å². The number of rotatable bonds is 5.